The van der Waals surface area contributed by atoms with Crippen molar-refractivity contribution in [3.05, 3.63) is 100 Å². The summed E-state index contributed by atoms with van der Waals surface area (Å²) in [5.41, 5.74) is 0.915. The highest BCUT2D eigenvalue weighted by atomic mass is 35.5. The average molecular weight is 581 g/mol. The van der Waals surface area contributed by atoms with Crippen molar-refractivity contribution in [2.45, 2.75) is 11.5 Å². The monoisotopic (exact) mass is 580 g/mol. The Labute approximate surface area is 233 Å². The van der Waals surface area contributed by atoms with Gasteiger partial charge in [-0.15, -0.1) is 21.6 Å². The van der Waals surface area contributed by atoms with Gasteiger partial charge in [0.1, 0.15) is 18.9 Å². The number of H-pyrrole nitrogens is 1. The maximum Gasteiger partial charge on any atom is 0.285 e. The Morgan fingerprint density at radius 3 is 2.46 bits per heavy atom. The fraction of sp³-hybridized carbons (Fsp3) is 0.0741. The van der Waals surface area contributed by atoms with Gasteiger partial charge in [-0.05, 0) is 66.0 Å². The molecule has 0 spiro atoms. The van der Waals surface area contributed by atoms with Crippen LogP contribution in [0.3, 0.4) is 0 Å². The quantitative estimate of drug-likeness (QED) is 0.188. The third-order valence-electron chi connectivity index (χ3n) is 5.69. The molecule has 5 aromatic rings. The van der Waals surface area contributed by atoms with Gasteiger partial charge < -0.3 is 14.8 Å². The number of aromatic nitrogens is 1. The molecule has 0 saturated heterocycles. The molecule has 39 heavy (non-hydrogen) atoms. The summed E-state index contributed by atoms with van der Waals surface area (Å²) in [6.45, 7) is -0.265. The highest BCUT2D eigenvalue weighted by Gasteiger charge is 2.27. The van der Waals surface area contributed by atoms with Crippen molar-refractivity contribution in [2.24, 2.45) is 10.2 Å². The Kier molecular flexibility index (Phi) is 7.64. The van der Waals surface area contributed by atoms with E-state index in [1.165, 1.54) is 36.4 Å². The predicted octanol–water partition coefficient (Wildman–Crippen LogP) is 6.67. The number of sulfonamides is 1. The number of halogens is 1. The van der Waals surface area contributed by atoms with Crippen LogP contribution in [0.4, 0.5) is 11.4 Å². The fourth-order valence-electron chi connectivity index (χ4n) is 3.78. The van der Waals surface area contributed by atoms with Gasteiger partial charge in [0.15, 0.2) is 5.69 Å². The number of thiophene rings is 1. The van der Waals surface area contributed by atoms with E-state index < -0.39 is 22.5 Å². The minimum absolute atomic E-state index is 0.0417. The van der Waals surface area contributed by atoms with E-state index in [0.29, 0.717) is 28.3 Å². The molecule has 0 unspecified atom stereocenters. The Hall–Kier alpha value is -4.19. The second-order valence-corrected chi connectivity index (χ2v) is 11.6. The van der Waals surface area contributed by atoms with Crippen LogP contribution in [0.5, 0.6) is 11.6 Å². The zero-order valence-corrected chi connectivity index (χ0v) is 22.6. The highest BCUT2D eigenvalue weighted by molar-refractivity contribution is 7.92. The molecule has 2 aromatic heterocycles. The number of para-hydroxylation sites is 1. The number of aromatic amines is 1. The van der Waals surface area contributed by atoms with Crippen molar-refractivity contribution >= 4 is 61.1 Å². The van der Waals surface area contributed by atoms with Crippen LogP contribution in [0, 0.1) is 0 Å². The van der Waals surface area contributed by atoms with E-state index in [9.17, 15) is 18.3 Å². The van der Waals surface area contributed by atoms with Gasteiger partial charge in [0.25, 0.3) is 15.9 Å². The number of fused-ring (bicyclic) bond motifs is 1. The number of hydrogen-bond donors (Lipinski definition) is 2. The van der Waals surface area contributed by atoms with E-state index in [1.54, 1.807) is 47.7 Å². The van der Waals surface area contributed by atoms with E-state index in [4.69, 9.17) is 16.3 Å². The van der Waals surface area contributed by atoms with Crippen LogP contribution < -0.4 is 9.04 Å². The molecule has 12 heteroatoms. The number of carbonyl (C=O) groups is 1. The summed E-state index contributed by atoms with van der Waals surface area (Å²) in [7, 11) is -4.19. The van der Waals surface area contributed by atoms with E-state index in [2.05, 4.69) is 15.2 Å². The normalized spacial score (nSPS) is 11.7. The number of amides is 1. The van der Waals surface area contributed by atoms with Crippen LogP contribution >= 0.6 is 22.9 Å². The minimum Gasteiger partial charge on any atom is -0.493 e. The molecule has 0 saturated carbocycles. The number of azo groups is 1. The first-order chi connectivity index (χ1) is 18.8. The summed E-state index contributed by atoms with van der Waals surface area (Å²) < 4.78 is 34.0. The van der Waals surface area contributed by atoms with Crippen LogP contribution in [0.2, 0.25) is 5.02 Å². The third-order valence-corrected chi connectivity index (χ3v) is 8.58. The predicted molar refractivity (Wildman–Crippen MR) is 151 cm³/mol. The molecule has 5 rings (SSSR count). The summed E-state index contributed by atoms with van der Waals surface area (Å²) >= 11 is 7.56. The van der Waals surface area contributed by atoms with Gasteiger partial charge in [0.2, 0.25) is 5.88 Å². The molecule has 2 N–H and O–H groups in total. The van der Waals surface area contributed by atoms with Crippen molar-refractivity contribution in [1.29, 1.82) is 0 Å². The molecule has 0 fully saturated rings. The lowest BCUT2D eigenvalue weighted by molar-refractivity contribution is -0.116. The average Bonchev–Trinajstić information content (AvgIpc) is 3.57. The van der Waals surface area contributed by atoms with Crippen LogP contribution in [0.15, 0.2) is 105 Å². The number of nitrogens with one attached hydrogen (secondary N) is 1. The van der Waals surface area contributed by atoms with Crippen LogP contribution in [-0.4, -0.2) is 31.0 Å². The third kappa shape index (κ3) is 5.95. The molecule has 0 atom stereocenters. The van der Waals surface area contributed by atoms with E-state index in [1.807, 2.05) is 17.5 Å². The van der Waals surface area contributed by atoms with Gasteiger partial charge in [-0.2, -0.15) is 0 Å². The van der Waals surface area contributed by atoms with Gasteiger partial charge in [-0.1, -0.05) is 35.9 Å². The maximum atomic E-state index is 13.7. The molecule has 0 aliphatic heterocycles. The molecule has 2 heterocycles. The lowest BCUT2D eigenvalue weighted by atomic mass is 10.2. The first-order valence-corrected chi connectivity index (χ1v) is 14.3. The van der Waals surface area contributed by atoms with Crippen molar-refractivity contribution in [3.8, 4) is 11.6 Å². The SMILES string of the molecule is O=C(CN(c1ccc(Cl)cc1)S(=O)(=O)c1ccc(OCc2cccs2)cc1)N=Nc1c(O)[nH]c2ccccc12. The van der Waals surface area contributed by atoms with Crippen molar-refractivity contribution in [1.82, 2.24) is 4.98 Å². The largest absolute Gasteiger partial charge is 0.493 e. The van der Waals surface area contributed by atoms with Crippen molar-refractivity contribution < 1.29 is 23.1 Å². The van der Waals surface area contributed by atoms with Gasteiger partial charge in [-0.3, -0.25) is 9.10 Å². The molecule has 198 valence electrons. The van der Waals surface area contributed by atoms with Crippen molar-refractivity contribution in [3.63, 3.8) is 0 Å². The lowest BCUT2D eigenvalue weighted by Gasteiger charge is -2.23. The molecule has 0 radical (unpaired) electrons. The Balaban J connectivity index is 1.39. The lowest BCUT2D eigenvalue weighted by Crippen LogP contribution is -2.35. The number of hydrogen-bond acceptors (Lipinski definition) is 7. The summed E-state index contributed by atoms with van der Waals surface area (Å²) in [5.74, 6) is -0.589. The van der Waals surface area contributed by atoms with Gasteiger partial charge in [0, 0.05) is 15.3 Å². The number of carbonyl (C=O) groups excluding carboxylic acids is 1. The number of rotatable bonds is 9. The smallest absolute Gasteiger partial charge is 0.285 e. The Bertz CT molecular complexity index is 1730. The first kappa shape index (κ1) is 26.4. The fourth-order valence-corrected chi connectivity index (χ4v) is 5.94. The Morgan fingerprint density at radius 2 is 1.74 bits per heavy atom. The molecule has 0 bridgehead atoms. The molecule has 0 aliphatic rings. The zero-order valence-electron chi connectivity index (χ0n) is 20.2. The van der Waals surface area contributed by atoms with Crippen LogP contribution in [0.25, 0.3) is 10.9 Å². The number of aromatic hydroxyl groups is 1. The molecule has 9 nitrogen and oxygen atoms in total. The first-order valence-electron chi connectivity index (χ1n) is 11.6. The number of nitrogens with zero attached hydrogens (tertiary/aromatic N) is 3. The molecule has 0 aliphatic carbocycles. The number of benzene rings is 3. The summed E-state index contributed by atoms with van der Waals surface area (Å²) in [5, 5.41) is 20.7. The number of anilines is 1. The molecular weight excluding hydrogens is 560 g/mol. The van der Waals surface area contributed by atoms with E-state index in [-0.39, 0.29) is 22.2 Å². The van der Waals surface area contributed by atoms with E-state index in [0.717, 1.165) is 9.18 Å². The van der Waals surface area contributed by atoms with Gasteiger partial charge in [0.05, 0.1) is 16.1 Å². The summed E-state index contributed by atoms with van der Waals surface area (Å²) in [6, 6.07) is 22.8. The summed E-state index contributed by atoms with van der Waals surface area (Å²) in [4.78, 5) is 16.6. The molecular formula is C27H21ClN4O5S2. The second kappa shape index (κ2) is 11.3. The highest BCUT2D eigenvalue weighted by Crippen LogP contribution is 2.35. The minimum atomic E-state index is -4.19. The van der Waals surface area contributed by atoms with Crippen LogP contribution in [-0.2, 0) is 21.4 Å². The topological polar surface area (TPSA) is 124 Å². The van der Waals surface area contributed by atoms with Gasteiger partial charge in [-0.25, -0.2) is 8.42 Å². The zero-order chi connectivity index (χ0) is 27.4. The second-order valence-electron chi connectivity index (χ2n) is 8.29. The van der Waals surface area contributed by atoms with Gasteiger partial charge >= 0.3 is 0 Å². The summed E-state index contributed by atoms with van der Waals surface area (Å²) in [6.07, 6.45) is 0. The standard InChI is InChI=1S/C27H21ClN4O5S2/c28-18-7-9-19(10-8-18)32(16-25(33)30-31-26-23-5-1-2-6-24(23)29-27(26)34)39(35,36)22-13-11-20(12-14-22)37-17-21-4-3-15-38-21/h1-15,29,34H,16-17H2. The Morgan fingerprint density at radius 1 is 1.00 bits per heavy atom. The number of ether oxygens (including phenoxy) is 1. The molecule has 3 aromatic carbocycles. The van der Waals surface area contributed by atoms with E-state index >= 15 is 0 Å². The maximum absolute atomic E-state index is 13.7. The van der Waals surface area contributed by atoms with Crippen LogP contribution in [0.1, 0.15) is 4.88 Å². The van der Waals surface area contributed by atoms with Crippen molar-refractivity contribution in [2.75, 3.05) is 10.8 Å². The molecule has 1 amide bonds.